The molecule has 4 nitrogen and oxygen atoms in total. The fraction of sp³-hybridized carbons (Fsp3) is 0.0667. The SMILES string of the molecule is Oc1ccccc1/C=N/NC(=S)NCc1ccc(Cl)c(Cl)c1. The standard InChI is InChI=1S/C15H13Cl2N3OS/c16-12-6-5-10(7-13(12)17)8-18-15(22)20-19-9-11-3-1-2-4-14(11)21/h1-7,9,21H,8H2,(H2,18,20,22)/b19-9+. The average molecular weight is 354 g/mol. The Bertz CT molecular complexity index is 707. The van der Waals surface area contributed by atoms with Crippen LogP contribution in [-0.2, 0) is 6.54 Å². The molecule has 0 saturated heterocycles. The predicted octanol–water partition coefficient (Wildman–Crippen LogP) is 3.70. The van der Waals surface area contributed by atoms with Gasteiger partial charge in [-0.05, 0) is 42.0 Å². The Hall–Kier alpha value is -1.82. The van der Waals surface area contributed by atoms with Gasteiger partial charge in [0.15, 0.2) is 5.11 Å². The molecule has 3 N–H and O–H groups in total. The van der Waals surface area contributed by atoms with Gasteiger partial charge in [-0.3, -0.25) is 5.43 Å². The number of benzene rings is 2. The van der Waals surface area contributed by atoms with E-state index < -0.39 is 0 Å². The Morgan fingerprint density at radius 2 is 1.95 bits per heavy atom. The van der Waals surface area contributed by atoms with Crippen LogP contribution in [-0.4, -0.2) is 16.4 Å². The maximum absolute atomic E-state index is 9.59. The zero-order valence-corrected chi connectivity index (χ0v) is 13.7. The molecular weight excluding hydrogens is 341 g/mol. The molecule has 7 heteroatoms. The Morgan fingerprint density at radius 3 is 2.68 bits per heavy atom. The van der Waals surface area contributed by atoms with Gasteiger partial charge in [0.1, 0.15) is 5.75 Å². The molecule has 0 spiro atoms. The highest BCUT2D eigenvalue weighted by Gasteiger charge is 2.00. The highest BCUT2D eigenvalue weighted by Crippen LogP contribution is 2.22. The van der Waals surface area contributed by atoms with E-state index in [0.29, 0.717) is 27.3 Å². The smallest absolute Gasteiger partial charge is 0.187 e. The summed E-state index contributed by atoms with van der Waals surface area (Å²) in [6, 6.07) is 12.2. The van der Waals surface area contributed by atoms with E-state index in [1.165, 1.54) is 6.21 Å². The molecule has 0 aromatic heterocycles. The monoisotopic (exact) mass is 353 g/mol. The number of rotatable bonds is 4. The van der Waals surface area contributed by atoms with Crippen LogP contribution in [0.25, 0.3) is 0 Å². The molecule has 2 rings (SSSR count). The van der Waals surface area contributed by atoms with Crippen LogP contribution < -0.4 is 10.7 Å². The lowest BCUT2D eigenvalue weighted by Crippen LogP contribution is -2.31. The molecule has 0 atom stereocenters. The molecule has 0 aliphatic rings. The van der Waals surface area contributed by atoms with Gasteiger partial charge in [0, 0.05) is 12.1 Å². The number of thiocarbonyl (C=S) groups is 1. The highest BCUT2D eigenvalue weighted by molar-refractivity contribution is 7.80. The molecule has 2 aromatic rings. The van der Waals surface area contributed by atoms with Crippen molar-refractivity contribution in [2.45, 2.75) is 6.54 Å². The van der Waals surface area contributed by atoms with Crippen LogP contribution in [0.3, 0.4) is 0 Å². The Kier molecular flexibility index (Phi) is 6.00. The van der Waals surface area contributed by atoms with E-state index >= 15 is 0 Å². The molecule has 0 amide bonds. The van der Waals surface area contributed by atoms with Gasteiger partial charge >= 0.3 is 0 Å². The molecule has 0 unspecified atom stereocenters. The van der Waals surface area contributed by atoms with Crippen LogP contribution in [0.4, 0.5) is 0 Å². The lowest BCUT2D eigenvalue weighted by atomic mass is 10.2. The number of hydrazone groups is 1. The summed E-state index contributed by atoms with van der Waals surface area (Å²) >= 11 is 16.9. The van der Waals surface area contributed by atoms with E-state index in [0.717, 1.165) is 5.56 Å². The molecule has 114 valence electrons. The first kappa shape index (κ1) is 16.5. The molecule has 0 bridgehead atoms. The largest absolute Gasteiger partial charge is 0.507 e. The zero-order chi connectivity index (χ0) is 15.9. The van der Waals surface area contributed by atoms with Crippen molar-refractivity contribution in [1.29, 1.82) is 0 Å². The van der Waals surface area contributed by atoms with Crippen molar-refractivity contribution in [2.24, 2.45) is 5.10 Å². The van der Waals surface area contributed by atoms with Gasteiger partial charge in [-0.1, -0.05) is 41.4 Å². The molecule has 0 radical (unpaired) electrons. The summed E-state index contributed by atoms with van der Waals surface area (Å²) < 4.78 is 0. The average Bonchev–Trinajstić information content (AvgIpc) is 2.50. The third kappa shape index (κ3) is 4.87. The first-order valence-corrected chi connectivity index (χ1v) is 7.51. The minimum Gasteiger partial charge on any atom is -0.507 e. The second-order valence-corrected chi connectivity index (χ2v) is 5.58. The second-order valence-electron chi connectivity index (χ2n) is 4.36. The van der Waals surface area contributed by atoms with Crippen LogP contribution in [0.1, 0.15) is 11.1 Å². The first-order chi connectivity index (χ1) is 10.6. The molecule has 0 fully saturated rings. The third-order valence-electron chi connectivity index (χ3n) is 2.74. The van der Waals surface area contributed by atoms with Gasteiger partial charge in [0.05, 0.1) is 16.3 Å². The Labute approximate surface area is 143 Å². The number of phenolic OH excluding ortho intramolecular Hbond substituents is 1. The maximum atomic E-state index is 9.59. The van der Waals surface area contributed by atoms with Crippen LogP contribution in [0, 0.1) is 0 Å². The highest BCUT2D eigenvalue weighted by atomic mass is 35.5. The van der Waals surface area contributed by atoms with Crippen molar-refractivity contribution in [3.8, 4) is 5.75 Å². The van der Waals surface area contributed by atoms with Gasteiger partial charge in [0.2, 0.25) is 0 Å². The Balaban J connectivity index is 1.83. The Morgan fingerprint density at radius 1 is 1.18 bits per heavy atom. The van der Waals surface area contributed by atoms with Crippen LogP contribution >= 0.6 is 35.4 Å². The molecule has 0 heterocycles. The number of para-hydroxylation sites is 1. The maximum Gasteiger partial charge on any atom is 0.187 e. The number of nitrogens with zero attached hydrogens (tertiary/aromatic N) is 1. The van der Waals surface area contributed by atoms with Crippen LogP contribution in [0.2, 0.25) is 10.0 Å². The zero-order valence-electron chi connectivity index (χ0n) is 11.4. The quantitative estimate of drug-likeness (QED) is 0.445. The summed E-state index contributed by atoms with van der Waals surface area (Å²) in [5, 5.41) is 17.9. The normalized spacial score (nSPS) is 10.6. The first-order valence-electron chi connectivity index (χ1n) is 6.35. The number of hydrogen-bond acceptors (Lipinski definition) is 3. The van der Waals surface area contributed by atoms with Gasteiger partial charge in [-0.15, -0.1) is 0 Å². The summed E-state index contributed by atoms with van der Waals surface area (Å²) in [5.41, 5.74) is 4.22. The van der Waals surface area contributed by atoms with Crippen molar-refractivity contribution in [2.75, 3.05) is 0 Å². The van der Waals surface area contributed by atoms with E-state index in [4.69, 9.17) is 35.4 Å². The molecule has 0 aliphatic carbocycles. The summed E-state index contributed by atoms with van der Waals surface area (Å²) in [6.07, 6.45) is 1.49. The van der Waals surface area contributed by atoms with Crippen molar-refractivity contribution < 1.29 is 5.11 Å². The summed E-state index contributed by atoms with van der Waals surface area (Å²) in [4.78, 5) is 0. The van der Waals surface area contributed by atoms with Crippen molar-refractivity contribution in [3.63, 3.8) is 0 Å². The molecule has 2 aromatic carbocycles. The number of nitrogens with one attached hydrogen (secondary N) is 2. The van der Waals surface area contributed by atoms with Gasteiger partial charge in [0.25, 0.3) is 0 Å². The number of aromatic hydroxyl groups is 1. The van der Waals surface area contributed by atoms with E-state index in [2.05, 4.69) is 15.8 Å². The summed E-state index contributed by atoms with van der Waals surface area (Å²) in [6.45, 7) is 0.495. The summed E-state index contributed by atoms with van der Waals surface area (Å²) in [7, 11) is 0. The van der Waals surface area contributed by atoms with Crippen molar-refractivity contribution >= 4 is 46.7 Å². The minimum absolute atomic E-state index is 0.155. The fourth-order valence-electron chi connectivity index (χ4n) is 1.63. The van der Waals surface area contributed by atoms with Crippen molar-refractivity contribution in [1.82, 2.24) is 10.7 Å². The van der Waals surface area contributed by atoms with Gasteiger partial charge in [-0.25, -0.2) is 0 Å². The molecule has 0 aliphatic heterocycles. The van der Waals surface area contributed by atoms with E-state index in [1.54, 1.807) is 30.3 Å². The molecule has 22 heavy (non-hydrogen) atoms. The molecule has 0 saturated carbocycles. The molecular formula is C15H13Cl2N3OS. The second kappa shape index (κ2) is 7.98. The number of halogens is 2. The van der Waals surface area contributed by atoms with E-state index in [9.17, 15) is 5.11 Å². The van der Waals surface area contributed by atoms with Crippen LogP contribution in [0.15, 0.2) is 47.6 Å². The topological polar surface area (TPSA) is 56.7 Å². The van der Waals surface area contributed by atoms with E-state index in [-0.39, 0.29) is 5.75 Å². The number of phenols is 1. The number of hydrogen-bond donors (Lipinski definition) is 3. The minimum atomic E-state index is 0.155. The lowest BCUT2D eigenvalue weighted by molar-refractivity contribution is 0.474. The van der Waals surface area contributed by atoms with Crippen LogP contribution in [0.5, 0.6) is 5.75 Å². The van der Waals surface area contributed by atoms with E-state index in [1.807, 2.05) is 12.1 Å². The lowest BCUT2D eigenvalue weighted by Gasteiger charge is -2.08. The fourth-order valence-corrected chi connectivity index (χ4v) is 2.07. The van der Waals surface area contributed by atoms with Gasteiger partial charge in [-0.2, -0.15) is 5.10 Å². The predicted molar refractivity (Wildman–Crippen MR) is 94.7 cm³/mol. The van der Waals surface area contributed by atoms with Crippen molar-refractivity contribution in [3.05, 3.63) is 63.6 Å². The third-order valence-corrected chi connectivity index (χ3v) is 3.72. The van der Waals surface area contributed by atoms with Gasteiger partial charge < -0.3 is 10.4 Å². The summed E-state index contributed by atoms with van der Waals surface area (Å²) in [5.74, 6) is 0.155.